The van der Waals surface area contributed by atoms with Crippen LogP contribution >= 0.6 is 0 Å². The summed E-state index contributed by atoms with van der Waals surface area (Å²) >= 11 is 0. The van der Waals surface area contributed by atoms with Crippen LogP contribution < -0.4 is 9.64 Å². The van der Waals surface area contributed by atoms with E-state index in [1.54, 1.807) is 0 Å². The first-order chi connectivity index (χ1) is 26.2. The number of fused-ring (bicyclic) bond motifs is 1. The standard InChI is InChI=1S/C48H48N4O3/c1-46(2,3)37-25-34(19-23-40-39(29-51)45(36(27-49)28-50)55-48(40,6)7)44(54-38-21-17-33(31-53)18-22-38)35(26-37)20-24-43-47(4,5)41-15-11-12-16-42(41)52(43)30-32-13-9-8-10-14-32/h8-24,37,53H,25-26,30-31H2,1-7H3/b23-19+,35-20+,43-24+. The molecule has 2 aliphatic heterocycles. The summed E-state index contributed by atoms with van der Waals surface area (Å²) in [6.45, 7) is 15.7. The third kappa shape index (κ3) is 7.79. The van der Waals surface area contributed by atoms with Crippen molar-refractivity contribution in [2.24, 2.45) is 11.3 Å². The first kappa shape index (κ1) is 38.6. The molecule has 0 radical (unpaired) electrons. The minimum absolute atomic E-state index is 0.00947. The van der Waals surface area contributed by atoms with Gasteiger partial charge in [0, 0.05) is 28.9 Å². The summed E-state index contributed by atoms with van der Waals surface area (Å²) in [5, 5.41) is 39.2. The van der Waals surface area contributed by atoms with Gasteiger partial charge in [-0.05, 0) is 90.1 Å². The summed E-state index contributed by atoms with van der Waals surface area (Å²) in [6, 6.07) is 32.6. The predicted molar refractivity (Wildman–Crippen MR) is 216 cm³/mol. The Morgan fingerprint density at radius 3 is 2.18 bits per heavy atom. The van der Waals surface area contributed by atoms with Crippen molar-refractivity contribution in [3.05, 3.63) is 165 Å². The molecule has 0 saturated heterocycles. The van der Waals surface area contributed by atoms with Gasteiger partial charge in [0.1, 0.15) is 40.9 Å². The predicted octanol–water partition coefficient (Wildman–Crippen LogP) is 10.6. The fourth-order valence-electron chi connectivity index (χ4n) is 7.73. The Kier molecular flexibility index (Phi) is 10.8. The van der Waals surface area contributed by atoms with Gasteiger partial charge in [0.15, 0.2) is 11.3 Å². The van der Waals surface area contributed by atoms with E-state index in [1.165, 1.54) is 22.5 Å². The van der Waals surface area contributed by atoms with Crippen LogP contribution in [0.3, 0.4) is 0 Å². The van der Waals surface area contributed by atoms with Gasteiger partial charge in [-0.1, -0.05) is 114 Å². The highest BCUT2D eigenvalue weighted by Crippen LogP contribution is 2.49. The molecule has 0 aromatic heterocycles. The Labute approximate surface area is 325 Å². The Hall–Kier alpha value is -6.07. The number of hydrogen-bond donors (Lipinski definition) is 1. The smallest absolute Gasteiger partial charge is 0.172 e. The first-order valence-corrected chi connectivity index (χ1v) is 18.7. The molecule has 1 atom stereocenters. The highest BCUT2D eigenvalue weighted by Gasteiger charge is 2.41. The van der Waals surface area contributed by atoms with E-state index in [1.807, 2.05) is 68.5 Å². The van der Waals surface area contributed by atoms with Gasteiger partial charge in [-0.2, -0.15) is 15.8 Å². The Morgan fingerprint density at radius 2 is 1.55 bits per heavy atom. The molecule has 1 aliphatic carbocycles. The van der Waals surface area contributed by atoms with Crippen molar-refractivity contribution in [2.75, 3.05) is 4.90 Å². The summed E-state index contributed by atoms with van der Waals surface area (Å²) in [5.74, 6) is 1.64. The number of ether oxygens (including phenoxy) is 2. The van der Waals surface area contributed by atoms with Gasteiger partial charge >= 0.3 is 0 Å². The molecule has 3 aromatic carbocycles. The average Bonchev–Trinajstić information content (AvgIpc) is 3.55. The van der Waals surface area contributed by atoms with Crippen LogP contribution in [0, 0.1) is 45.3 Å². The number of para-hydroxylation sites is 1. The normalized spacial score (nSPS) is 20.3. The SMILES string of the molecule is CC1(C)OC(=C(C#N)C#N)C(C#N)=C1/C=C/C1=C(Oc2ccc(CO)cc2)C(=C/C=C2/N(Cc3ccccc3)c3ccccc3C2(C)C)/CC(C(C)(C)C)C1. The molecule has 0 fully saturated rings. The van der Waals surface area contributed by atoms with E-state index in [0.29, 0.717) is 11.3 Å². The molecule has 1 N–H and O–H groups in total. The summed E-state index contributed by atoms with van der Waals surface area (Å²) in [7, 11) is 0. The second kappa shape index (κ2) is 15.3. The van der Waals surface area contributed by atoms with Crippen molar-refractivity contribution in [3.63, 3.8) is 0 Å². The highest BCUT2D eigenvalue weighted by atomic mass is 16.5. The highest BCUT2D eigenvalue weighted by molar-refractivity contribution is 5.71. The zero-order valence-corrected chi connectivity index (χ0v) is 32.8. The maximum atomic E-state index is 10.2. The molecule has 0 spiro atoms. The number of anilines is 1. The van der Waals surface area contributed by atoms with Gasteiger partial charge < -0.3 is 19.5 Å². The largest absolute Gasteiger partial charge is 0.480 e. The van der Waals surface area contributed by atoms with Crippen LogP contribution in [-0.4, -0.2) is 10.7 Å². The number of aliphatic hydroxyl groups is 1. The fraction of sp³-hybridized carbons (Fsp3) is 0.312. The van der Waals surface area contributed by atoms with Gasteiger partial charge in [0.25, 0.3) is 0 Å². The number of rotatable bonds is 8. The zero-order valence-electron chi connectivity index (χ0n) is 32.8. The van der Waals surface area contributed by atoms with Crippen molar-refractivity contribution in [3.8, 4) is 24.0 Å². The quantitative estimate of drug-likeness (QED) is 0.230. The van der Waals surface area contributed by atoms with Crippen LogP contribution in [0.2, 0.25) is 0 Å². The monoisotopic (exact) mass is 728 g/mol. The fourth-order valence-corrected chi connectivity index (χ4v) is 7.73. The molecule has 7 nitrogen and oxygen atoms in total. The molecule has 55 heavy (non-hydrogen) atoms. The minimum Gasteiger partial charge on any atom is -0.480 e. The molecule has 3 aromatic rings. The lowest BCUT2D eigenvalue weighted by atomic mass is 9.70. The molecule has 3 aliphatic rings. The topological polar surface area (TPSA) is 113 Å². The third-order valence-electron chi connectivity index (χ3n) is 11.0. The second-order valence-electron chi connectivity index (χ2n) is 16.5. The van der Waals surface area contributed by atoms with Crippen molar-refractivity contribution in [2.45, 2.75) is 85.5 Å². The lowest BCUT2D eigenvalue weighted by molar-refractivity contribution is 0.0954. The van der Waals surface area contributed by atoms with Crippen LogP contribution in [-0.2, 0) is 23.3 Å². The third-order valence-corrected chi connectivity index (χ3v) is 11.0. The molecule has 2 heterocycles. The zero-order chi connectivity index (χ0) is 39.5. The van der Waals surface area contributed by atoms with E-state index in [0.717, 1.165) is 41.9 Å². The van der Waals surface area contributed by atoms with Crippen LogP contribution in [0.15, 0.2) is 148 Å². The maximum Gasteiger partial charge on any atom is 0.172 e. The summed E-state index contributed by atoms with van der Waals surface area (Å²) in [4.78, 5) is 2.42. The molecule has 7 heteroatoms. The number of nitrogens with zero attached hydrogens (tertiary/aromatic N) is 4. The first-order valence-electron chi connectivity index (χ1n) is 18.7. The Morgan fingerprint density at radius 1 is 0.873 bits per heavy atom. The van der Waals surface area contributed by atoms with Crippen LogP contribution in [0.5, 0.6) is 5.75 Å². The number of hydrogen-bond acceptors (Lipinski definition) is 7. The van der Waals surface area contributed by atoms with Crippen molar-refractivity contribution in [1.82, 2.24) is 0 Å². The number of nitriles is 3. The van der Waals surface area contributed by atoms with Gasteiger partial charge in [0.2, 0.25) is 0 Å². The van der Waals surface area contributed by atoms with Crippen molar-refractivity contribution >= 4 is 5.69 Å². The number of aliphatic hydroxyl groups excluding tert-OH is 1. The van der Waals surface area contributed by atoms with Gasteiger partial charge in [-0.25, -0.2) is 0 Å². The molecular formula is C48H48N4O3. The summed E-state index contributed by atoms with van der Waals surface area (Å²) < 4.78 is 12.9. The van der Waals surface area contributed by atoms with Gasteiger partial charge in [-0.3, -0.25) is 0 Å². The lowest BCUT2D eigenvalue weighted by Gasteiger charge is -2.36. The Bertz CT molecular complexity index is 2270. The summed E-state index contributed by atoms with van der Waals surface area (Å²) in [6.07, 6.45) is 9.87. The van der Waals surface area contributed by atoms with E-state index < -0.39 is 5.60 Å². The van der Waals surface area contributed by atoms with E-state index in [9.17, 15) is 20.9 Å². The minimum atomic E-state index is -0.954. The number of benzene rings is 3. The average molecular weight is 729 g/mol. The molecule has 278 valence electrons. The van der Waals surface area contributed by atoms with Crippen molar-refractivity contribution < 1.29 is 14.6 Å². The van der Waals surface area contributed by atoms with Gasteiger partial charge in [-0.15, -0.1) is 0 Å². The maximum absolute atomic E-state index is 10.2. The van der Waals surface area contributed by atoms with E-state index in [-0.39, 0.29) is 40.3 Å². The lowest BCUT2D eigenvalue weighted by Crippen LogP contribution is -2.27. The van der Waals surface area contributed by atoms with E-state index in [4.69, 9.17) is 9.47 Å². The van der Waals surface area contributed by atoms with Crippen LogP contribution in [0.4, 0.5) is 5.69 Å². The molecule has 1 unspecified atom stereocenters. The molecular weight excluding hydrogens is 681 g/mol. The Balaban J connectivity index is 1.54. The molecule has 0 bridgehead atoms. The second-order valence-corrected chi connectivity index (χ2v) is 16.5. The van der Waals surface area contributed by atoms with Crippen LogP contribution in [0.1, 0.15) is 78.0 Å². The van der Waals surface area contributed by atoms with E-state index >= 15 is 0 Å². The van der Waals surface area contributed by atoms with Crippen molar-refractivity contribution in [1.29, 1.82) is 15.8 Å². The van der Waals surface area contributed by atoms with Crippen LogP contribution in [0.25, 0.3) is 0 Å². The molecule has 0 saturated carbocycles. The molecule has 0 amide bonds. The molecule has 6 rings (SSSR count). The number of allylic oxidation sites excluding steroid dienone is 8. The van der Waals surface area contributed by atoms with Gasteiger partial charge in [0.05, 0.1) is 6.61 Å². The summed E-state index contributed by atoms with van der Waals surface area (Å²) in [5.41, 5.74) is 6.94. The van der Waals surface area contributed by atoms with E-state index in [2.05, 4.69) is 106 Å².